The number of carbonyl (C=O) groups is 1. The van der Waals surface area contributed by atoms with Gasteiger partial charge >= 0.3 is 0 Å². The maximum Gasteiger partial charge on any atom is 0.253 e. The number of nitrogens with two attached hydrogens (primary N) is 1. The second-order valence-electron chi connectivity index (χ2n) is 6.98. The van der Waals surface area contributed by atoms with Crippen LogP contribution in [0.5, 0.6) is 5.75 Å². The van der Waals surface area contributed by atoms with Crippen molar-refractivity contribution in [1.29, 1.82) is 0 Å². The van der Waals surface area contributed by atoms with E-state index < -0.39 is 0 Å². The number of hydrogen-bond donors (Lipinski definition) is 1. The van der Waals surface area contributed by atoms with Crippen molar-refractivity contribution in [3.63, 3.8) is 0 Å². The normalized spacial score (nSPS) is 15.0. The minimum absolute atomic E-state index is 0.0993. The predicted molar refractivity (Wildman–Crippen MR) is 105 cm³/mol. The topological polar surface area (TPSA) is 55.6 Å². The van der Waals surface area contributed by atoms with Crippen molar-refractivity contribution in [3.8, 4) is 5.75 Å². The molecule has 0 bridgehead atoms. The van der Waals surface area contributed by atoms with Gasteiger partial charge in [0.05, 0.1) is 6.61 Å². The molecule has 0 radical (unpaired) electrons. The Labute approximate surface area is 156 Å². The van der Waals surface area contributed by atoms with Crippen LogP contribution in [0, 0.1) is 5.92 Å². The standard InChI is InChI=1S/C22H28N2O2/c1-2-26-21-10-8-17(9-11-21)6-7-18-12-14-24(15-13-18)22(25)19-4-3-5-20(23)16-19/h3-5,8-11,16,18H,2,6-7,12-15,23H2,1H3. The third-order valence-corrected chi connectivity index (χ3v) is 5.11. The minimum atomic E-state index is 0.0993. The number of ether oxygens (including phenoxy) is 1. The molecule has 2 N–H and O–H groups in total. The van der Waals surface area contributed by atoms with Gasteiger partial charge in [0.25, 0.3) is 5.91 Å². The molecule has 0 saturated carbocycles. The summed E-state index contributed by atoms with van der Waals surface area (Å²) in [4.78, 5) is 14.5. The largest absolute Gasteiger partial charge is 0.494 e. The van der Waals surface area contributed by atoms with Crippen LogP contribution in [0.25, 0.3) is 0 Å². The third kappa shape index (κ3) is 4.78. The molecule has 0 unspecified atom stereocenters. The Kier molecular flexibility index (Phi) is 6.16. The number of nitrogen functional groups attached to an aromatic ring is 1. The van der Waals surface area contributed by atoms with Crippen LogP contribution in [0.1, 0.15) is 42.1 Å². The van der Waals surface area contributed by atoms with Gasteiger partial charge < -0.3 is 15.4 Å². The summed E-state index contributed by atoms with van der Waals surface area (Å²) in [7, 11) is 0. The zero-order chi connectivity index (χ0) is 18.4. The molecule has 1 aliphatic rings. The molecule has 138 valence electrons. The smallest absolute Gasteiger partial charge is 0.253 e. The van der Waals surface area contributed by atoms with Crippen molar-refractivity contribution in [1.82, 2.24) is 4.90 Å². The molecular weight excluding hydrogens is 324 g/mol. The number of rotatable bonds is 6. The average molecular weight is 352 g/mol. The van der Waals surface area contributed by atoms with Crippen LogP contribution >= 0.6 is 0 Å². The molecule has 26 heavy (non-hydrogen) atoms. The van der Waals surface area contributed by atoms with Crippen molar-refractivity contribution in [2.45, 2.75) is 32.6 Å². The Hall–Kier alpha value is -2.49. The number of amides is 1. The van der Waals surface area contributed by atoms with Crippen LogP contribution in [0.15, 0.2) is 48.5 Å². The molecule has 0 aromatic heterocycles. The Morgan fingerprint density at radius 3 is 2.54 bits per heavy atom. The van der Waals surface area contributed by atoms with Crippen molar-refractivity contribution in [2.75, 3.05) is 25.4 Å². The van der Waals surface area contributed by atoms with E-state index in [1.165, 1.54) is 12.0 Å². The van der Waals surface area contributed by atoms with Crippen LogP contribution in [-0.4, -0.2) is 30.5 Å². The zero-order valence-electron chi connectivity index (χ0n) is 15.5. The van der Waals surface area contributed by atoms with Gasteiger partial charge in [-0.05, 0) is 74.4 Å². The van der Waals surface area contributed by atoms with Gasteiger partial charge in [0, 0.05) is 24.3 Å². The molecule has 0 aliphatic carbocycles. The van der Waals surface area contributed by atoms with Gasteiger partial charge in [-0.2, -0.15) is 0 Å². The Morgan fingerprint density at radius 1 is 1.15 bits per heavy atom. The summed E-state index contributed by atoms with van der Waals surface area (Å²) < 4.78 is 5.49. The van der Waals surface area contributed by atoms with Crippen LogP contribution < -0.4 is 10.5 Å². The molecule has 0 atom stereocenters. The monoisotopic (exact) mass is 352 g/mol. The molecule has 1 aliphatic heterocycles. The van der Waals surface area contributed by atoms with E-state index in [1.54, 1.807) is 6.07 Å². The van der Waals surface area contributed by atoms with Gasteiger partial charge in [0.1, 0.15) is 5.75 Å². The molecule has 1 heterocycles. The number of likely N-dealkylation sites (tertiary alicyclic amines) is 1. The summed E-state index contributed by atoms with van der Waals surface area (Å²) in [5.74, 6) is 1.72. The maximum absolute atomic E-state index is 12.6. The van der Waals surface area contributed by atoms with Crippen LogP contribution in [0.3, 0.4) is 0 Å². The number of hydrogen-bond acceptors (Lipinski definition) is 3. The Morgan fingerprint density at radius 2 is 1.88 bits per heavy atom. The highest BCUT2D eigenvalue weighted by atomic mass is 16.5. The van der Waals surface area contributed by atoms with E-state index in [1.807, 2.05) is 42.2 Å². The van der Waals surface area contributed by atoms with E-state index in [0.717, 1.165) is 38.1 Å². The number of benzene rings is 2. The first kappa shape index (κ1) is 18.3. The Balaban J connectivity index is 1.45. The second-order valence-corrected chi connectivity index (χ2v) is 6.98. The summed E-state index contributed by atoms with van der Waals surface area (Å²) in [5, 5.41) is 0. The summed E-state index contributed by atoms with van der Waals surface area (Å²) in [6, 6.07) is 15.7. The highest BCUT2D eigenvalue weighted by molar-refractivity contribution is 5.95. The number of carbonyl (C=O) groups excluding carboxylic acids is 1. The number of nitrogens with zero attached hydrogens (tertiary/aromatic N) is 1. The first-order valence-corrected chi connectivity index (χ1v) is 9.52. The molecule has 3 rings (SSSR count). The van der Waals surface area contributed by atoms with Crippen molar-refractivity contribution in [3.05, 3.63) is 59.7 Å². The molecule has 1 amide bonds. The molecule has 4 nitrogen and oxygen atoms in total. The SMILES string of the molecule is CCOc1ccc(CCC2CCN(C(=O)c3cccc(N)c3)CC2)cc1. The lowest BCUT2D eigenvalue weighted by molar-refractivity contribution is 0.0687. The van der Waals surface area contributed by atoms with Gasteiger partial charge in [-0.3, -0.25) is 4.79 Å². The first-order valence-electron chi connectivity index (χ1n) is 9.52. The molecule has 4 heteroatoms. The van der Waals surface area contributed by atoms with Crippen LogP contribution in [0.2, 0.25) is 0 Å². The molecule has 1 saturated heterocycles. The van der Waals surface area contributed by atoms with Crippen LogP contribution in [0.4, 0.5) is 5.69 Å². The number of anilines is 1. The first-order chi connectivity index (χ1) is 12.7. The summed E-state index contributed by atoms with van der Waals surface area (Å²) in [5.41, 5.74) is 8.48. The average Bonchev–Trinajstić information content (AvgIpc) is 2.67. The van der Waals surface area contributed by atoms with Crippen molar-refractivity contribution >= 4 is 11.6 Å². The molecule has 1 fully saturated rings. The van der Waals surface area contributed by atoms with E-state index in [-0.39, 0.29) is 5.91 Å². The summed E-state index contributed by atoms with van der Waals surface area (Å²) in [6.45, 7) is 4.37. The van der Waals surface area contributed by atoms with Gasteiger partial charge in [0.15, 0.2) is 0 Å². The van der Waals surface area contributed by atoms with E-state index in [2.05, 4.69) is 12.1 Å². The van der Waals surface area contributed by atoms with Gasteiger partial charge in [0.2, 0.25) is 0 Å². The number of piperidine rings is 1. The zero-order valence-corrected chi connectivity index (χ0v) is 15.5. The fourth-order valence-electron chi connectivity index (χ4n) is 3.57. The Bertz CT molecular complexity index is 719. The van der Waals surface area contributed by atoms with Gasteiger partial charge in [-0.25, -0.2) is 0 Å². The highest BCUT2D eigenvalue weighted by Crippen LogP contribution is 2.24. The van der Waals surface area contributed by atoms with E-state index in [4.69, 9.17) is 10.5 Å². The molecule has 2 aromatic carbocycles. The van der Waals surface area contributed by atoms with Gasteiger partial charge in [-0.15, -0.1) is 0 Å². The predicted octanol–water partition coefficient (Wildman–Crippen LogP) is 4.15. The third-order valence-electron chi connectivity index (χ3n) is 5.11. The highest BCUT2D eigenvalue weighted by Gasteiger charge is 2.23. The van der Waals surface area contributed by atoms with E-state index in [9.17, 15) is 4.79 Å². The summed E-state index contributed by atoms with van der Waals surface area (Å²) in [6.07, 6.45) is 4.41. The quantitative estimate of drug-likeness (QED) is 0.795. The lowest BCUT2D eigenvalue weighted by Crippen LogP contribution is -2.38. The summed E-state index contributed by atoms with van der Waals surface area (Å²) >= 11 is 0. The number of aryl methyl sites for hydroxylation is 1. The lowest BCUT2D eigenvalue weighted by atomic mass is 9.90. The lowest BCUT2D eigenvalue weighted by Gasteiger charge is -2.32. The molecule has 2 aromatic rings. The van der Waals surface area contributed by atoms with Crippen LogP contribution in [-0.2, 0) is 6.42 Å². The van der Waals surface area contributed by atoms with Crippen molar-refractivity contribution < 1.29 is 9.53 Å². The fraction of sp³-hybridized carbons (Fsp3) is 0.409. The van der Waals surface area contributed by atoms with E-state index in [0.29, 0.717) is 23.8 Å². The molecule has 0 spiro atoms. The maximum atomic E-state index is 12.6. The minimum Gasteiger partial charge on any atom is -0.494 e. The van der Waals surface area contributed by atoms with Gasteiger partial charge in [-0.1, -0.05) is 18.2 Å². The fourth-order valence-corrected chi connectivity index (χ4v) is 3.57. The second kappa shape index (κ2) is 8.75. The van der Waals surface area contributed by atoms with E-state index >= 15 is 0 Å². The van der Waals surface area contributed by atoms with Crippen molar-refractivity contribution in [2.24, 2.45) is 5.92 Å². The molecular formula is C22H28N2O2.